The lowest BCUT2D eigenvalue weighted by molar-refractivity contribution is -0.115. The summed E-state index contributed by atoms with van der Waals surface area (Å²) in [6.45, 7) is 4.05. The van der Waals surface area contributed by atoms with Crippen LogP contribution < -0.4 is 5.32 Å². The first-order valence-corrected chi connectivity index (χ1v) is 6.06. The third-order valence-corrected chi connectivity index (χ3v) is 2.95. The summed E-state index contributed by atoms with van der Waals surface area (Å²) in [6, 6.07) is 15.8. The largest absolute Gasteiger partial charge is 0.326 e. The van der Waals surface area contributed by atoms with Gasteiger partial charge in [0.05, 0.1) is 6.42 Å². The Morgan fingerprint density at radius 3 is 2.33 bits per heavy atom. The van der Waals surface area contributed by atoms with Gasteiger partial charge in [-0.2, -0.15) is 0 Å². The fraction of sp³-hybridized carbons (Fsp3) is 0.188. The summed E-state index contributed by atoms with van der Waals surface area (Å²) < 4.78 is 0. The van der Waals surface area contributed by atoms with E-state index in [2.05, 4.69) is 5.32 Å². The van der Waals surface area contributed by atoms with Gasteiger partial charge in [0, 0.05) is 5.69 Å². The molecular weight excluding hydrogens is 222 g/mol. The van der Waals surface area contributed by atoms with Gasteiger partial charge in [-0.05, 0) is 37.1 Å². The number of carbonyl (C=O) groups excluding carboxylic acids is 1. The minimum Gasteiger partial charge on any atom is -0.326 e. The zero-order valence-electron chi connectivity index (χ0n) is 10.7. The van der Waals surface area contributed by atoms with E-state index in [1.165, 1.54) is 5.56 Å². The lowest BCUT2D eigenvalue weighted by atomic mass is 10.1. The molecule has 0 fully saturated rings. The predicted octanol–water partition coefficient (Wildman–Crippen LogP) is 3.48. The number of hydrogen-bond donors (Lipinski definition) is 1. The van der Waals surface area contributed by atoms with E-state index in [1.807, 2.05) is 62.4 Å². The van der Waals surface area contributed by atoms with Gasteiger partial charge in [-0.15, -0.1) is 0 Å². The molecule has 0 saturated carbocycles. The molecular formula is C16H17NO. The molecule has 18 heavy (non-hydrogen) atoms. The summed E-state index contributed by atoms with van der Waals surface area (Å²) >= 11 is 0. The number of rotatable bonds is 3. The normalized spacial score (nSPS) is 10.1. The van der Waals surface area contributed by atoms with Crippen LogP contribution in [0.15, 0.2) is 48.5 Å². The minimum atomic E-state index is 0.0214. The quantitative estimate of drug-likeness (QED) is 0.872. The third-order valence-electron chi connectivity index (χ3n) is 2.95. The Bertz CT molecular complexity index is 543. The lowest BCUT2D eigenvalue weighted by Gasteiger charge is -2.07. The zero-order valence-corrected chi connectivity index (χ0v) is 10.7. The number of nitrogens with one attached hydrogen (secondary N) is 1. The molecule has 0 aliphatic carbocycles. The molecule has 0 spiro atoms. The predicted molar refractivity (Wildman–Crippen MR) is 74.7 cm³/mol. The monoisotopic (exact) mass is 239 g/mol. The molecule has 0 aromatic heterocycles. The van der Waals surface area contributed by atoms with E-state index in [0.29, 0.717) is 6.42 Å². The van der Waals surface area contributed by atoms with Crippen LogP contribution in [0.25, 0.3) is 0 Å². The molecule has 2 nitrogen and oxygen atoms in total. The highest BCUT2D eigenvalue weighted by Crippen LogP contribution is 2.11. The van der Waals surface area contributed by atoms with E-state index in [4.69, 9.17) is 0 Å². The van der Waals surface area contributed by atoms with Crippen molar-refractivity contribution in [2.75, 3.05) is 5.32 Å². The van der Waals surface area contributed by atoms with Crippen LogP contribution in [-0.2, 0) is 11.2 Å². The second kappa shape index (κ2) is 5.50. The van der Waals surface area contributed by atoms with E-state index >= 15 is 0 Å². The van der Waals surface area contributed by atoms with E-state index in [9.17, 15) is 4.79 Å². The molecule has 0 unspecified atom stereocenters. The molecule has 0 bridgehead atoms. The number of carbonyl (C=O) groups is 1. The highest BCUT2D eigenvalue weighted by Gasteiger charge is 2.05. The van der Waals surface area contributed by atoms with Crippen molar-refractivity contribution in [3.63, 3.8) is 0 Å². The molecule has 2 aromatic rings. The summed E-state index contributed by atoms with van der Waals surface area (Å²) in [5.74, 6) is 0.0214. The van der Waals surface area contributed by atoms with Crippen LogP contribution in [0.2, 0.25) is 0 Å². The van der Waals surface area contributed by atoms with Gasteiger partial charge < -0.3 is 5.32 Å². The van der Waals surface area contributed by atoms with Gasteiger partial charge in [-0.1, -0.05) is 42.0 Å². The first-order valence-electron chi connectivity index (χ1n) is 6.06. The molecule has 1 amide bonds. The van der Waals surface area contributed by atoms with Crippen molar-refractivity contribution >= 4 is 11.6 Å². The Morgan fingerprint density at radius 1 is 1.00 bits per heavy atom. The summed E-state index contributed by atoms with van der Waals surface area (Å²) in [5, 5.41) is 2.91. The van der Waals surface area contributed by atoms with E-state index < -0.39 is 0 Å². The SMILES string of the molecule is Cc1ccc(NC(=O)Cc2ccccc2C)cc1. The summed E-state index contributed by atoms with van der Waals surface area (Å²) in [7, 11) is 0. The molecule has 0 saturated heterocycles. The average Bonchev–Trinajstić information content (AvgIpc) is 2.35. The van der Waals surface area contributed by atoms with Gasteiger partial charge in [0.1, 0.15) is 0 Å². The Labute approximate surface area is 108 Å². The summed E-state index contributed by atoms with van der Waals surface area (Å²) in [5.41, 5.74) is 4.25. The first kappa shape index (κ1) is 12.4. The molecule has 2 rings (SSSR count). The maximum atomic E-state index is 11.9. The van der Waals surface area contributed by atoms with Crippen LogP contribution >= 0.6 is 0 Å². The van der Waals surface area contributed by atoms with Gasteiger partial charge in [0.15, 0.2) is 0 Å². The second-order valence-corrected chi connectivity index (χ2v) is 4.52. The Hall–Kier alpha value is -2.09. The smallest absolute Gasteiger partial charge is 0.228 e. The van der Waals surface area contributed by atoms with Crippen LogP contribution in [0.4, 0.5) is 5.69 Å². The van der Waals surface area contributed by atoms with Gasteiger partial charge >= 0.3 is 0 Å². The molecule has 0 aliphatic heterocycles. The van der Waals surface area contributed by atoms with Crippen LogP contribution in [0.1, 0.15) is 16.7 Å². The highest BCUT2D eigenvalue weighted by molar-refractivity contribution is 5.92. The van der Waals surface area contributed by atoms with E-state index in [0.717, 1.165) is 16.8 Å². The molecule has 0 aliphatic rings. The fourth-order valence-corrected chi connectivity index (χ4v) is 1.82. The van der Waals surface area contributed by atoms with Crippen molar-refractivity contribution in [1.29, 1.82) is 0 Å². The number of hydrogen-bond acceptors (Lipinski definition) is 1. The Morgan fingerprint density at radius 2 is 1.67 bits per heavy atom. The van der Waals surface area contributed by atoms with Crippen LogP contribution in [0, 0.1) is 13.8 Å². The minimum absolute atomic E-state index is 0.0214. The van der Waals surface area contributed by atoms with Crippen molar-refractivity contribution < 1.29 is 4.79 Å². The number of aryl methyl sites for hydroxylation is 2. The molecule has 0 heterocycles. The number of amides is 1. The summed E-state index contributed by atoms with van der Waals surface area (Å²) in [4.78, 5) is 11.9. The first-order chi connectivity index (χ1) is 8.65. The van der Waals surface area contributed by atoms with Crippen molar-refractivity contribution in [3.05, 3.63) is 65.2 Å². The van der Waals surface area contributed by atoms with E-state index in [1.54, 1.807) is 0 Å². The van der Waals surface area contributed by atoms with Gasteiger partial charge in [-0.25, -0.2) is 0 Å². The van der Waals surface area contributed by atoms with Crippen LogP contribution in [0.3, 0.4) is 0 Å². The average molecular weight is 239 g/mol. The van der Waals surface area contributed by atoms with Crippen molar-refractivity contribution in [2.24, 2.45) is 0 Å². The fourth-order valence-electron chi connectivity index (χ4n) is 1.82. The maximum Gasteiger partial charge on any atom is 0.228 e. The van der Waals surface area contributed by atoms with Gasteiger partial charge in [0.25, 0.3) is 0 Å². The second-order valence-electron chi connectivity index (χ2n) is 4.52. The topological polar surface area (TPSA) is 29.1 Å². The Balaban J connectivity index is 2.01. The number of anilines is 1. The molecule has 92 valence electrons. The molecule has 2 aromatic carbocycles. The third kappa shape index (κ3) is 3.20. The standard InChI is InChI=1S/C16H17NO/c1-12-7-9-15(10-8-12)17-16(18)11-14-6-4-3-5-13(14)2/h3-10H,11H2,1-2H3,(H,17,18). The van der Waals surface area contributed by atoms with Crippen molar-refractivity contribution in [3.8, 4) is 0 Å². The molecule has 0 radical (unpaired) electrons. The van der Waals surface area contributed by atoms with Crippen LogP contribution in [-0.4, -0.2) is 5.91 Å². The lowest BCUT2D eigenvalue weighted by Crippen LogP contribution is -2.14. The van der Waals surface area contributed by atoms with E-state index in [-0.39, 0.29) is 5.91 Å². The maximum absolute atomic E-state index is 11.9. The van der Waals surface area contributed by atoms with Crippen LogP contribution in [0.5, 0.6) is 0 Å². The zero-order chi connectivity index (χ0) is 13.0. The molecule has 2 heteroatoms. The van der Waals surface area contributed by atoms with Gasteiger partial charge in [0.2, 0.25) is 5.91 Å². The van der Waals surface area contributed by atoms with Crippen molar-refractivity contribution in [1.82, 2.24) is 0 Å². The van der Waals surface area contributed by atoms with Crippen molar-refractivity contribution in [2.45, 2.75) is 20.3 Å². The summed E-state index contributed by atoms with van der Waals surface area (Å²) in [6.07, 6.45) is 0.417. The molecule has 1 N–H and O–H groups in total. The number of benzene rings is 2. The Kier molecular flexibility index (Phi) is 3.78. The highest BCUT2D eigenvalue weighted by atomic mass is 16.1. The molecule has 0 atom stereocenters. The van der Waals surface area contributed by atoms with Gasteiger partial charge in [-0.3, -0.25) is 4.79 Å².